The van der Waals surface area contributed by atoms with E-state index in [1.165, 1.54) is 4.90 Å². The van der Waals surface area contributed by atoms with Crippen molar-refractivity contribution in [2.24, 2.45) is 0 Å². The molecule has 1 rings (SSSR count). The number of hydrogen-bond acceptors (Lipinski definition) is 3. The van der Waals surface area contributed by atoms with E-state index in [9.17, 15) is 4.79 Å². The van der Waals surface area contributed by atoms with Crippen LogP contribution in [0, 0.1) is 6.92 Å². The van der Waals surface area contributed by atoms with Gasteiger partial charge in [-0.25, -0.2) is 4.79 Å². The van der Waals surface area contributed by atoms with Crippen LogP contribution in [0.5, 0.6) is 5.75 Å². The Morgan fingerprint density at radius 1 is 1.43 bits per heavy atom. The van der Waals surface area contributed by atoms with Crippen molar-refractivity contribution in [1.29, 1.82) is 0 Å². The van der Waals surface area contributed by atoms with Crippen molar-refractivity contribution in [2.75, 3.05) is 19.8 Å². The van der Waals surface area contributed by atoms with Gasteiger partial charge in [-0.3, -0.25) is 0 Å². The summed E-state index contributed by atoms with van der Waals surface area (Å²) in [7, 11) is 3.24. The third-order valence-electron chi connectivity index (χ3n) is 1.80. The minimum Gasteiger partial charge on any atom is -0.408 e. The normalized spacial score (nSPS) is 9.64. The number of amides is 1. The predicted octanol–water partition coefficient (Wildman–Crippen LogP) is 1.64. The molecule has 0 atom stereocenters. The topological polar surface area (TPSA) is 55.6 Å². The van der Waals surface area contributed by atoms with Gasteiger partial charge in [-0.2, -0.15) is 0 Å². The van der Waals surface area contributed by atoms with Gasteiger partial charge in [0.15, 0.2) is 5.75 Å². The van der Waals surface area contributed by atoms with E-state index in [0.717, 1.165) is 5.56 Å². The van der Waals surface area contributed by atoms with Crippen LogP contribution >= 0.6 is 0 Å². The molecule has 0 saturated carbocycles. The van der Waals surface area contributed by atoms with Gasteiger partial charge in [-0.05, 0) is 18.6 Å². The third-order valence-corrected chi connectivity index (χ3v) is 1.80. The molecule has 76 valence electrons. The summed E-state index contributed by atoms with van der Waals surface area (Å²) in [6.45, 7) is 1.84. The number of carbonyl (C=O) groups is 1. The van der Waals surface area contributed by atoms with Crippen LogP contribution in [0.4, 0.5) is 10.5 Å². The molecule has 0 radical (unpaired) electrons. The first-order valence-corrected chi connectivity index (χ1v) is 4.26. The van der Waals surface area contributed by atoms with Crippen LogP contribution in [-0.2, 0) is 0 Å². The highest BCUT2D eigenvalue weighted by Gasteiger charge is 2.11. The fraction of sp³-hybridized carbons (Fsp3) is 0.300. The molecule has 0 unspecified atom stereocenters. The predicted molar refractivity (Wildman–Crippen MR) is 55.3 cm³/mol. The monoisotopic (exact) mass is 194 g/mol. The molecule has 14 heavy (non-hydrogen) atoms. The molecule has 1 aromatic rings. The standard InChI is InChI=1S/C10H14N2O2/c1-7-5-4-6-8(11)9(7)14-10(13)12(2)3/h4-6H,11H2,1-3H3. The van der Waals surface area contributed by atoms with E-state index in [4.69, 9.17) is 10.5 Å². The molecule has 0 aliphatic carbocycles. The summed E-state index contributed by atoms with van der Waals surface area (Å²) < 4.78 is 5.10. The summed E-state index contributed by atoms with van der Waals surface area (Å²) in [4.78, 5) is 12.6. The molecule has 0 bridgehead atoms. The van der Waals surface area contributed by atoms with E-state index in [-0.39, 0.29) is 0 Å². The summed E-state index contributed by atoms with van der Waals surface area (Å²) in [5.74, 6) is 0.436. The largest absolute Gasteiger partial charge is 0.414 e. The molecule has 0 aliphatic rings. The van der Waals surface area contributed by atoms with Gasteiger partial charge in [-0.1, -0.05) is 12.1 Å². The number of nitrogen functional groups attached to an aromatic ring is 1. The van der Waals surface area contributed by atoms with Crippen LogP contribution in [-0.4, -0.2) is 25.1 Å². The number of nitrogens with zero attached hydrogens (tertiary/aromatic N) is 1. The van der Waals surface area contributed by atoms with Gasteiger partial charge in [0, 0.05) is 14.1 Å². The van der Waals surface area contributed by atoms with Crippen LogP contribution in [0.25, 0.3) is 0 Å². The van der Waals surface area contributed by atoms with Crippen LogP contribution in [0.1, 0.15) is 5.56 Å². The van der Waals surface area contributed by atoms with Crippen LogP contribution in [0.15, 0.2) is 18.2 Å². The first-order chi connectivity index (χ1) is 6.52. The fourth-order valence-electron chi connectivity index (χ4n) is 0.993. The number of anilines is 1. The van der Waals surface area contributed by atoms with Crippen LogP contribution in [0.2, 0.25) is 0 Å². The zero-order chi connectivity index (χ0) is 10.7. The van der Waals surface area contributed by atoms with Crippen molar-refractivity contribution < 1.29 is 9.53 Å². The third kappa shape index (κ3) is 2.16. The molecule has 0 fully saturated rings. The minimum absolute atomic E-state index is 0.425. The molecule has 0 aromatic heterocycles. The summed E-state index contributed by atoms with van der Waals surface area (Å²) in [6, 6.07) is 5.36. The maximum atomic E-state index is 11.3. The summed E-state index contributed by atoms with van der Waals surface area (Å²) in [5.41, 5.74) is 6.99. The van der Waals surface area contributed by atoms with Crippen LogP contribution < -0.4 is 10.5 Å². The smallest absolute Gasteiger partial charge is 0.408 e. The van der Waals surface area contributed by atoms with E-state index in [2.05, 4.69) is 0 Å². The molecule has 4 heteroatoms. The van der Waals surface area contributed by atoms with Gasteiger partial charge in [0.2, 0.25) is 0 Å². The fourth-order valence-corrected chi connectivity index (χ4v) is 0.993. The molecular formula is C10H14N2O2. The first kappa shape index (κ1) is 10.4. The zero-order valence-electron chi connectivity index (χ0n) is 8.57. The lowest BCUT2D eigenvalue weighted by Gasteiger charge is -2.13. The van der Waals surface area contributed by atoms with Crippen molar-refractivity contribution in [2.45, 2.75) is 6.92 Å². The van der Waals surface area contributed by atoms with E-state index >= 15 is 0 Å². The number of nitrogens with two attached hydrogens (primary N) is 1. The van der Waals surface area contributed by atoms with Gasteiger partial charge in [0.1, 0.15) is 0 Å². The van der Waals surface area contributed by atoms with Gasteiger partial charge in [0.05, 0.1) is 5.69 Å². The van der Waals surface area contributed by atoms with Gasteiger partial charge >= 0.3 is 6.09 Å². The van der Waals surface area contributed by atoms with Crippen molar-refractivity contribution >= 4 is 11.8 Å². The van der Waals surface area contributed by atoms with E-state index in [1.54, 1.807) is 20.2 Å². The SMILES string of the molecule is Cc1cccc(N)c1OC(=O)N(C)C. The average Bonchev–Trinajstić information content (AvgIpc) is 2.11. The second-order valence-corrected chi connectivity index (χ2v) is 3.26. The van der Waals surface area contributed by atoms with E-state index in [1.807, 2.05) is 19.1 Å². The molecule has 1 amide bonds. The van der Waals surface area contributed by atoms with E-state index < -0.39 is 6.09 Å². The Hall–Kier alpha value is -1.71. The molecule has 2 N–H and O–H groups in total. The van der Waals surface area contributed by atoms with E-state index in [0.29, 0.717) is 11.4 Å². The quantitative estimate of drug-likeness (QED) is 0.691. The second kappa shape index (κ2) is 4.00. The number of aryl methyl sites for hydroxylation is 1. The number of rotatable bonds is 1. The molecule has 0 saturated heterocycles. The Balaban J connectivity index is 2.91. The van der Waals surface area contributed by atoms with Crippen molar-refractivity contribution in [3.63, 3.8) is 0 Å². The van der Waals surface area contributed by atoms with Gasteiger partial charge in [-0.15, -0.1) is 0 Å². The van der Waals surface area contributed by atoms with Crippen LogP contribution in [0.3, 0.4) is 0 Å². The Labute approximate surface area is 83.3 Å². The minimum atomic E-state index is -0.425. The Kier molecular flexibility index (Phi) is 2.96. The number of para-hydroxylation sites is 1. The van der Waals surface area contributed by atoms with Crippen molar-refractivity contribution in [3.05, 3.63) is 23.8 Å². The first-order valence-electron chi connectivity index (χ1n) is 4.26. The van der Waals surface area contributed by atoms with Gasteiger partial charge < -0.3 is 15.4 Å². The molecule has 1 aromatic carbocycles. The lowest BCUT2D eigenvalue weighted by atomic mass is 10.2. The van der Waals surface area contributed by atoms with Gasteiger partial charge in [0.25, 0.3) is 0 Å². The average molecular weight is 194 g/mol. The molecule has 0 heterocycles. The highest BCUT2D eigenvalue weighted by Crippen LogP contribution is 2.25. The number of benzene rings is 1. The highest BCUT2D eigenvalue weighted by atomic mass is 16.6. The Morgan fingerprint density at radius 2 is 2.07 bits per heavy atom. The lowest BCUT2D eigenvalue weighted by Crippen LogP contribution is -2.25. The lowest BCUT2D eigenvalue weighted by molar-refractivity contribution is 0.172. The highest BCUT2D eigenvalue weighted by molar-refractivity contribution is 5.73. The number of hydrogen-bond donors (Lipinski definition) is 1. The van der Waals surface area contributed by atoms with Crippen molar-refractivity contribution in [3.8, 4) is 5.75 Å². The maximum absolute atomic E-state index is 11.3. The summed E-state index contributed by atoms with van der Waals surface area (Å²) in [6.07, 6.45) is -0.425. The zero-order valence-corrected chi connectivity index (χ0v) is 8.57. The number of carbonyl (C=O) groups excluding carboxylic acids is 1. The maximum Gasteiger partial charge on any atom is 0.414 e. The molecular weight excluding hydrogens is 180 g/mol. The molecule has 0 spiro atoms. The van der Waals surface area contributed by atoms with Crippen molar-refractivity contribution in [1.82, 2.24) is 4.90 Å². The Morgan fingerprint density at radius 3 is 2.57 bits per heavy atom. The molecule has 4 nitrogen and oxygen atoms in total. The second-order valence-electron chi connectivity index (χ2n) is 3.26. The summed E-state index contributed by atoms with van der Waals surface area (Å²) in [5, 5.41) is 0. The molecule has 0 aliphatic heterocycles. The Bertz CT molecular complexity index is 328. The number of ether oxygens (including phenoxy) is 1. The summed E-state index contributed by atoms with van der Waals surface area (Å²) >= 11 is 0.